The molecule has 32 heavy (non-hydrogen) atoms. The van der Waals surface area contributed by atoms with Crippen molar-refractivity contribution in [2.45, 2.75) is 12.5 Å². The summed E-state index contributed by atoms with van der Waals surface area (Å²) in [6.07, 6.45) is 3.67. The molecular weight excluding hydrogens is 443 g/mol. The Hall–Kier alpha value is -3.20. The lowest BCUT2D eigenvalue weighted by molar-refractivity contribution is -0.821. The standard InChI is InChI=1S/C23H17ClF3N3O2/c24-17-11-13(25)5-6-14(17)16-12-20(28-8-2-10-31)29-22-15(16)7-9-30(32)23(22)21-18(26)3-1-4-19(21)27/h1,3-7,9-12,23,30H,2,8H2,(H,28,29). The molecule has 9 heteroatoms. The van der Waals surface area contributed by atoms with Crippen molar-refractivity contribution < 1.29 is 23.0 Å². The number of pyridine rings is 1. The van der Waals surface area contributed by atoms with Crippen LogP contribution in [0.15, 0.2) is 48.7 Å². The maximum absolute atomic E-state index is 14.6. The summed E-state index contributed by atoms with van der Waals surface area (Å²) >= 11 is 6.28. The van der Waals surface area contributed by atoms with Gasteiger partial charge in [0.1, 0.15) is 35.2 Å². The molecule has 2 unspecified atom stereocenters. The number of hydrogen-bond donors (Lipinski definition) is 2. The van der Waals surface area contributed by atoms with Gasteiger partial charge in [-0.25, -0.2) is 18.2 Å². The fourth-order valence-corrected chi connectivity index (χ4v) is 3.98. The molecular formula is C23H17ClF3N3O2. The number of nitrogens with zero attached hydrogens (tertiary/aromatic N) is 1. The van der Waals surface area contributed by atoms with Gasteiger partial charge in [-0.15, -0.1) is 0 Å². The molecule has 2 heterocycles. The summed E-state index contributed by atoms with van der Waals surface area (Å²) in [6, 6.07) is 7.55. The molecule has 164 valence electrons. The van der Waals surface area contributed by atoms with E-state index in [0.717, 1.165) is 24.5 Å². The molecule has 5 nitrogen and oxygen atoms in total. The number of nitrogens with one attached hydrogen (secondary N) is 2. The van der Waals surface area contributed by atoms with Crippen molar-refractivity contribution in [3.63, 3.8) is 0 Å². The van der Waals surface area contributed by atoms with Crippen molar-refractivity contribution >= 4 is 29.8 Å². The smallest absolute Gasteiger partial charge is 0.166 e. The van der Waals surface area contributed by atoms with Crippen molar-refractivity contribution in [1.29, 1.82) is 0 Å². The molecule has 3 aromatic rings. The zero-order chi connectivity index (χ0) is 22.8. The summed E-state index contributed by atoms with van der Waals surface area (Å²) in [5, 5.41) is 15.4. The number of rotatable bonds is 6. The number of hydrogen-bond acceptors (Lipinski definition) is 4. The van der Waals surface area contributed by atoms with Crippen LogP contribution in [0, 0.1) is 22.7 Å². The summed E-state index contributed by atoms with van der Waals surface area (Å²) in [6.45, 7) is 0.258. The number of anilines is 1. The van der Waals surface area contributed by atoms with Crippen LogP contribution in [0.25, 0.3) is 17.2 Å². The zero-order valence-corrected chi connectivity index (χ0v) is 17.3. The zero-order valence-electron chi connectivity index (χ0n) is 16.5. The second kappa shape index (κ2) is 9.12. The number of quaternary nitrogens is 1. The molecule has 0 bridgehead atoms. The average Bonchev–Trinajstić information content (AvgIpc) is 2.75. The molecule has 1 aliphatic heterocycles. The van der Waals surface area contributed by atoms with Gasteiger partial charge in [0.25, 0.3) is 0 Å². The molecule has 0 saturated carbocycles. The number of halogens is 4. The third kappa shape index (κ3) is 4.12. The summed E-state index contributed by atoms with van der Waals surface area (Å²) < 4.78 is 42.9. The fraction of sp³-hybridized carbons (Fsp3) is 0.130. The van der Waals surface area contributed by atoms with Crippen molar-refractivity contribution in [2.75, 3.05) is 11.9 Å². The lowest BCUT2D eigenvalue weighted by Crippen LogP contribution is -3.03. The van der Waals surface area contributed by atoms with E-state index in [4.69, 9.17) is 11.6 Å². The molecule has 1 aromatic heterocycles. The van der Waals surface area contributed by atoms with Crippen molar-refractivity contribution in [2.24, 2.45) is 0 Å². The molecule has 0 spiro atoms. The second-order valence-electron chi connectivity index (χ2n) is 7.16. The summed E-state index contributed by atoms with van der Waals surface area (Å²) in [4.78, 5) is 15.2. The number of benzene rings is 2. The summed E-state index contributed by atoms with van der Waals surface area (Å²) in [7, 11) is 0. The molecule has 2 N–H and O–H groups in total. The highest BCUT2D eigenvalue weighted by Crippen LogP contribution is 2.38. The van der Waals surface area contributed by atoms with Gasteiger partial charge in [0.05, 0.1) is 16.8 Å². The van der Waals surface area contributed by atoms with E-state index in [1.54, 1.807) is 6.07 Å². The molecule has 0 saturated heterocycles. The van der Waals surface area contributed by atoms with E-state index in [0.29, 0.717) is 16.7 Å². The van der Waals surface area contributed by atoms with Gasteiger partial charge in [0.2, 0.25) is 0 Å². The number of carbonyl (C=O) groups excluding carboxylic acids is 1. The molecule has 0 fully saturated rings. The third-order valence-corrected chi connectivity index (χ3v) is 5.45. The average molecular weight is 460 g/mol. The Morgan fingerprint density at radius 1 is 1.12 bits per heavy atom. The molecule has 0 amide bonds. The Kier molecular flexibility index (Phi) is 6.27. The number of carbonyl (C=O) groups is 1. The van der Waals surface area contributed by atoms with Crippen LogP contribution in [0.3, 0.4) is 0 Å². The van der Waals surface area contributed by atoms with Crippen molar-refractivity contribution in [3.8, 4) is 11.1 Å². The highest BCUT2D eigenvalue weighted by atomic mass is 35.5. The van der Waals surface area contributed by atoms with Crippen LogP contribution in [0.5, 0.6) is 0 Å². The van der Waals surface area contributed by atoms with Gasteiger partial charge in [0.15, 0.2) is 6.04 Å². The van der Waals surface area contributed by atoms with Gasteiger partial charge in [-0.1, -0.05) is 17.7 Å². The number of aldehydes is 1. The minimum atomic E-state index is -1.32. The van der Waals surface area contributed by atoms with Crippen LogP contribution in [-0.4, -0.2) is 17.8 Å². The van der Waals surface area contributed by atoms with Gasteiger partial charge >= 0.3 is 0 Å². The minimum absolute atomic E-state index is 0.121. The van der Waals surface area contributed by atoms with Crippen molar-refractivity contribution in [1.82, 2.24) is 4.98 Å². The third-order valence-electron chi connectivity index (χ3n) is 5.14. The van der Waals surface area contributed by atoms with E-state index in [2.05, 4.69) is 10.3 Å². The molecule has 1 aliphatic rings. The highest BCUT2D eigenvalue weighted by molar-refractivity contribution is 6.33. The monoisotopic (exact) mass is 459 g/mol. The lowest BCUT2D eigenvalue weighted by atomic mass is 9.90. The Morgan fingerprint density at radius 2 is 1.88 bits per heavy atom. The topological polar surface area (TPSA) is 69.5 Å². The Labute approximate surface area is 186 Å². The van der Waals surface area contributed by atoms with Crippen LogP contribution in [-0.2, 0) is 4.79 Å². The minimum Gasteiger partial charge on any atom is -0.629 e. The predicted octanol–water partition coefficient (Wildman–Crippen LogP) is 4.28. The first-order valence-corrected chi connectivity index (χ1v) is 10.1. The molecule has 0 aliphatic carbocycles. The molecule has 2 atom stereocenters. The number of hydroxylamine groups is 2. The van der Waals surface area contributed by atoms with E-state index in [9.17, 15) is 23.2 Å². The highest BCUT2D eigenvalue weighted by Gasteiger charge is 2.34. The molecule has 2 aromatic carbocycles. The second-order valence-corrected chi connectivity index (χ2v) is 7.57. The molecule has 0 radical (unpaired) electrons. The normalized spacial score (nSPS) is 17.2. The fourth-order valence-electron chi connectivity index (χ4n) is 3.71. The SMILES string of the molecule is O=CCCNc1cc(-c2ccc(F)cc2Cl)c2c(n1)C(c1c(F)cccc1F)[NH+]([O-])C=C2. The maximum Gasteiger partial charge on any atom is 0.166 e. The Morgan fingerprint density at radius 3 is 2.56 bits per heavy atom. The van der Waals surface area contributed by atoms with Gasteiger partial charge in [-0.05, 0) is 42.0 Å². The van der Waals surface area contributed by atoms with Crippen LogP contribution in [0.1, 0.15) is 29.3 Å². The predicted molar refractivity (Wildman–Crippen MR) is 115 cm³/mol. The van der Waals surface area contributed by atoms with Crippen LogP contribution >= 0.6 is 11.6 Å². The van der Waals surface area contributed by atoms with Gasteiger partial charge in [-0.3, -0.25) is 0 Å². The lowest BCUT2D eigenvalue weighted by Gasteiger charge is -2.33. The largest absolute Gasteiger partial charge is 0.629 e. The maximum atomic E-state index is 14.6. The Balaban J connectivity index is 1.96. The van der Waals surface area contributed by atoms with E-state index in [-0.39, 0.29) is 29.5 Å². The van der Waals surface area contributed by atoms with Crippen LogP contribution in [0.4, 0.5) is 19.0 Å². The number of aromatic nitrogens is 1. The van der Waals surface area contributed by atoms with E-state index < -0.39 is 34.1 Å². The van der Waals surface area contributed by atoms with E-state index in [1.165, 1.54) is 30.5 Å². The Bertz CT molecular complexity index is 1200. The first-order valence-electron chi connectivity index (χ1n) is 9.74. The van der Waals surface area contributed by atoms with Gasteiger partial charge < -0.3 is 20.4 Å². The first kappa shape index (κ1) is 22.0. The van der Waals surface area contributed by atoms with Crippen LogP contribution < -0.4 is 10.4 Å². The summed E-state index contributed by atoms with van der Waals surface area (Å²) in [5.74, 6) is -1.98. The quantitative estimate of drug-likeness (QED) is 0.328. The van der Waals surface area contributed by atoms with E-state index >= 15 is 0 Å². The summed E-state index contributed by atoms with van der Waals surface area (Å²) in [5.41, 5.74) is 1.12. The van der Waals surface area contributed by atoms with Gasteiger partial charge in [0, 0.05) is 30.2 Å². The van der Waals surface area contributed by atoms with E-state index in [1.807, 2.05) is 0 Å². The number of fused-ring (bicyclic) bond motifs is 1. The molecule has 4 rings (SSSR count). The van der Waals surface area contributed by atoms with Crippen LogP contribution in [0.2, 0.25) is 5.02 Å². The first-order chi connectivity index (χ1) is 15.4. The van der Waals surface area contributed by atoms with Gasteiger partial charge in [-0.2, -0.15) is 0 Å². The van der Waals surface area contributed by atoms with Crippen molar-refractivity contribution in [3.05, 3.63) is 93.2 Å².